The Hall–Kier alpha value is -0.480. The Morgan fingerprint density at radius 2 is 0.684 bits per heavy atom. The highest BCUT2D eigenvalue weighted by atomic mass is 35.5. The van der Waals surface area contributed by atoms with Crippen LogP contribution in [0.2, 0.25) is 0 Å². The van der Waals surface area contributed by atoms with Crippen molar-refractivity contribution in [2.45, 2.75) is 40.2 Å². The molecule has 0 atom stereocenters. The zero-order valence-corrected chi connectivity index (χ0v) is 8.79. The van der Waals surface area contributed by atoms with Crippen LogP contribution >= 0.6 is 11.6 Å². The van der Waals surface area contributed by atoms with E-state index in [1.807, 2.05) is 0 Å². The van der Waals surface area contributed by atoms with Crippen LogP contribution in [-0.2, 0) is 0 Å². The van der Waals surface area contributed by atoms with Gasteiger partial charge in [0.2, 0.25) is 0 Å². The third-order valence-electron chi connectivity index (χ3n) is 3.38. The van der Waals surface area contributed by atoms with Crippen molar-refractivity contribution in [3.05, 3.63) is 0 Å². The average Bonchev–Trinajstić information content (AvgIpc) is 2.32. The lowest BCUT2D eigenvalue weighted by atomic mass is 9.84. The number of hydrogen-bond acceptors (Lipinski definition) is 0. The molecule has 0 aromatic rings. The Labute approximate surface area is 101 Å². The summed E-state index contributed by atoms with van der Waals surface area (Å²) in [4.78, 5) is -6.07. The van der Waals surface area contributed by atoms with Gasteiger partial charge >= 0.3 is 35.3 Å². The number of alkyl halides is 12. The second-order valence-corrected chi connectivity index (χ2v) is 4.76. The first-order valence-corrected chi connectivity index (χ1v) is 4.65. The molecule has 2 saturated carbocycles. The van der Waals surface area contributed by atoms with Gasteiger partial charge in [-0.2, -0.15) is 35.1 Å². The van der Waals surface area contributed by atoms with Crippen LogP contribution < -0.4 is 0 Å². The summed E-state index contributed by atoms with van der Waals surface area (Å²) in [6.45, 7) is 0. The standard InChI is InChI=1S/C7ClF11/c8-1-3(10,11)2(9,6(16,17)4(1,12)13)7(18,19)5(1,14)15. The van der Waals surface area contributed by atoms with Gasteiger partial charge in [0.05, 0.1) is 0 Å². The lowest BCUT2D eigenvalue weighted by Crippen LogP contribution is -2.74. The average molecular weight is 329 g/mol. The highest BCUT2D eigenvalue weighted by Crippen LogP contribution is 2.83. The van der Waals surface area contributed by atoms with Crippen LogP contribution in [0.3, 0.4) is 0 Å². The highest BCUT2D eigenvalue weighted by molar-refractivity contribution is 6.27. The minimum atomic E-state index is -6.80. The van der Waals surface area contributed by atoms with Gasteiger partial charge in [-0.25, -0.2) is 13.2 Å². The molecule has 2 aliphatic carbocycles. The second kappa shape index (κ2) is 2.77. The minimum absolute atomic E-state index is 4.08. The van der Waals surface area contributed by atoms with Crippen LogP contribution in [0, 0.1) is 0 Å². The summed E-state index contributed by atoms with van der Waals surface area (Å²) < 4.78 is 143. The maximum atomic E-state index is 13.4. The third kappa shape index (κ3) is 0.825. The second-order valence-electron chi connectivity index (χ2n) is 4.19. The quantitative estimate of drug-likeness (QED) is 0.468. The first kappa shape index (κ1) is 14.9. The molecule has 12 heteroatoms. The molecule has 0 N–H and O–H groups in total. The van der Waals surface area contributed by atoms with Crippen molar-refractivity contribution in [3.63, 3.8) is 0 Å². The maximum absolute atomic E-state index is 13.4. The van der Waals surface area contributed by atoms with Crippen LogP contribution in [0.5, 0.6) is 0 Å². The van der Waals surface area contributed by atoms with E-state index in [2.05, 4.69) is 11.6 Å². The molecule has 112 valence electrons. The van der Waals surface area contributed by atoms with Gasteiger partial charge in [-0.1, -0.05) is 11.6 Å². The summed E-state index contributed by atoms with van der Waals surface area (Å²) in [6, 6.07) is 0. The largest absolute Gasteiger partial charge is 0.358 e. The van der Waals surface area contributed by atoms with E-state index >= 15 is 0 Å². The van der Waals surface area contributed by atoms with Crippen LogP contribution in [-0.4, -0.2) is 40.2 Å². The van der Waals surface area contributed by atoms with Crippen LogP contribution in [0.25, 0.3) is 0 Å². The van der Waals surface area contributed by atoms with Crippen molar-refractivity contribution in [1.29, 1.82) is 0 Å². The fourth-order valence-electron chi connectivity index (χ4n) is 2.29. The summed E-state index contributed by atoms with van der Waals surface area (Å²) in [5.74, 6) is -33.3. The van der Waals surface area contributed by atoms with Crippen LogP contribution in [0.4, 0.5) is 48.3 Å². The molecule has 0 aromatic heterocycles. The first-order valence-electron chi connectivity index (χ1n) is 4.27. The molecular formula is C7ClF11. The van der Waals surface area contributed by atoms with E-state index in [0.717, 1.165) is 0 Å². The Morgan fingerprint density at radius 1 is 0.421 bits per heavy atom. The van der Waals surface area contributed by atoms with Gasteiger partial charge in [0.15, 0.2) is 0 Å². The van der Waals surface area contributed by atoms with Crippen molar-refractivity contribution in [1.82, 2.24) is 0 Å². The van der Waals surface area contributed by atoms with Gasteiger partial charge in [-0.15, -0.1) is 0 Å². The molecule has 0 spiro atoms. The number of halogens is 12. The van der Waals surface area contributed by atoms with Crippen molar-refractivity contribution in [2.24, 2.45) is 0 Å². The predicted molar refractivity (Wildman–Crippen MR) is 37.2 cm³/mol. The third-order valence-corrected chi connectivity index (χ3v) is 4.10. The molecule has 0 amide bonds. The zero-order valence-electron chi connectivity index (χ0n) is 8.04. The van der Waals surface area contributed by atoms with Gasteiger partial charge in [-0.05, 0) is 0 Å². The van der Waals surface area contributed by atoms with Crippen molar-refractivity contribution < 1.29 is 48.3 Å². The van der Waals surface area contributed by atoms with E-state index < -0.39 is 40.2 Å². The Morgan fingerprint density at radius 3 is 0.842 bits per heavy atom. The highest BCUT2D eigenvalue weighted by Gasteiger charge is 3.16. The van der Waals surface area contributed by atoms with Crippen LogP contribution in [0.15, 0.2) is 0 Å². The van der Waals surface area contributed by atoms with Gasteiger partial charge in [0, 0.05) is 0 Å². The predicted octanol–water partition coefficient (Wildman–Crippen LogP) is 3.88. The summed E-state index contributed by atoms with van der Waals surface area (Å²) in [6.07, 6.45) is 0. The molecule has 0 saturated heterocycles. The molecule has 2 rings (SSSR count). The fraction of sp³-hybridized carbons (Fsp3) is 1.00. The molecule has 0 heterocycles. The Bertz CT molecular complexity index is 384. The van der Waals surface area contributed by atoms with E-state index in [9.17, 15) is 48.3 Å². The summed E-state index contributed by atoms with van der Waals surface area (Å²) in [5, 5.41) is 0. The Kier molecular flexibility index (Phi) is 2.18. The van der Waals surface area contributed by atoms with E-state index in [1.165, 1.54) is 0 Å². The lowest BCUT2D eigenvalue weighted by molar-refractivity contribution is -0.377. The summed E-state index contributed by atoms with van der Waals surface area (Å²) >= 11 is 4.08. The molecule has 19 heavy (non-hydrogen) atoms. The van der Waals surface area contributed by atoms with Gasteiger partial charge in [0.1, 0.15) is 0 Å². The lowest BCUT2D eigenvalue weighted by Gasteiger charge is -2.43. The zero-order chi connectivity index (χ0) is 15.5. The van der Waals surface area contributed by atoms with Gasteiger partial charge in [-0.3, -0.25) is 0 Å². The SMILES string of the molecule is FC1(F)C(F)(F)C2(Cl)C(F)(F)C(F)(F)C1(F)C2(F)F. The monoisotopic (exact) mass is 328 g/mol. The normalized spacial score (nSPS) is 47.4. The number of fused-ring (bicyclic) bond motifs is 2. The molecule has 0 nitrogen and oxygen atoms in total. The van der Waals surface area contributed by atoms with E-state index in [1.54, 1.807) is 0 Å². The van der Waals surface area contributed by atoms with Crippen molar-refractivity contribution >= 4 is 11.6 Å². The van der Waals surface area contributed by atoms with Crippen LogP contribution in [0.1, 0.15) is 0 Å². The molecule has 0 radical (unpaired) electrons. The Balaban J connectivity index is 2.99. The molecule has 0 aliphatic heterocycles. The number of rotatable bonds is 0. The number of hydrogen-bond donors (Lipinski definition) is 0. The molecule has 2 fully saturated rings. The molecular weight excluding hydrogens is 329 g/mol. The van der Waals surface area contributed by atoms with E-state index in [-0.39, 0.29) is 0 Å². The maximum Gasteiger partial charge on any atom is 0.358 e. The molecule has 2 aliphatic rings. The van der Waals surface area contributed by atoms with Gasteiger partial charge in [0.25, 0.3) is 4.87 Å². The molecule has 0 unspecified atom stereocenters. The molecule has 2 bridgehead atoms. The van der Waals surface area contributed by atoms with E-state index in [0.29, 0.717) is 0 Å². The summed E-state index contributed by atoms with van der Waals surface area (Å²) in [5.41, 5.74) is -6.80. The smallest absolute Gasteiger partial charge is 0.223 e. The summed E-state index contributed by atoms with van der Waals surface area (Å²) in [7, 11) is 0. The minimum Gasteiger partial charge on any atom is -0.223 e. The van der Waals surface area contributed by atoms with E-state index in [4.69, 9.17) is 0 Å². The van der Waals surface area contributed by atoms with Gasteiger partial charge < -0.3 is 0 Å². The topological polar surface area (TPSA) is 0 Å². The van der Waals surface area contributed by atoms with Crippen molar-refractivity contribution in [2.75, 3.05) is 0 Å². The fourth-order valence-corrected chi connectivity index (χ4v) is 2.65. The molecule has 0 aromatic carbocycles. The van der Waals surface area contributed by atoms with Crippen molar-refractivity contribution in [3.8, 4) is 0 Å². The first-order chi connectivity index (χ1) is 8.00.